The Kier molecular flexibility index (Phi) is 3.67. The second-order valence-electron chi connectivity index (χ2n) is 5.39. The minimum absolute atomic E-state index is 0.107. The summed E-state index contributed by atoms with van der Waals surface area (Å²) in [5.41, 5.74) is 0. The first-order valence-corrected chi connectivity index (χ1v) is 6.99. The van der Waals surface area contributed by atoms with Crippen molar-refractivity contribution < 1.29 is 9.59 Å². The highest BCUT2D eigenvalue weighted by atomic mass is 16.2. The van der Waals surface area contributed by atoms with Crippen LogP contribution in [-0.2, 0) is 4.79 Å². The Morgan fingerprint density at radius 2 is 1.79 bits per heavy atom. The number of hydrogen-bond acceptors (Lipinski definition) is 5. The number of nitrogens with zero attached hydrogens (tertiary/aromatic N) is 3. The van der Waals surface area contributed by atoms with Gasteiger partial charge in [-0.15, -0.1) is 0 Å². The van der Waals surface area contributed by atoms with Crippen molar-refractivity contribution >= 4 is 11.9 Å². The third-order valence-corrected chi connectivity index (χ3v) is 4.26. The summed E-state index contributed by atoms with van der Waals surface area (Å²) >= 11 is 0. The molecule has 19 heavy (non-hydrogen) atoms. The summed E-state index contributed by atoms with van der Waals surface area (Å²) in [6.07, 6.45) is 0. The van der Waals surface area contributed by atoms with Gasteiger partial charge in [0.25, 0.3) is 0 Å². The van der Waals surface area contributed by atoms with E-state index in [2.05, 4.69) is 20.4 Å². The number of amides is 3. The van der Waals surface area contributed by atoms with Crippen LogP contribution in [0, 0.1) is 0 Å². The zero-order valence-corrected chi connectivity index (χ0v) is 11.1. The Bertz CT molecular complexity index is 347. The van der Waals surface area contributed by atoms with Crippen molar-refractivity contribution in [2.75, 3.05) is 58.9 Å². The van der Waals surface area contributed by atoms with Gasteiger partial charge < -0.3 is 10.6 Å². The summed E-state index contributed by atoms with van der Waals surface area (Å²) in [4.78, 5) is 29.0. The van der Waals surface area contributed by atoms with E-state index in [1.54, 1.807) is 0 Å². The highest BCUT2D eigenvalue weighted by Crippen LogP contribution is 2.10. The summed E-state index contributed by atoms with van der Waals surface area (Å²) in [6.45, 7) is 7.91. The van der Waals surface area contributed by atoms with Crippen LogP contribution >= 0.6 is 0 Å². The molecule has 3 fully saturated rings. The summed E-state index contributed by atoms with van der Waals surface area (Å²) in [5, 5.41) is 5.85. The van der Waals surface area contributed by atoms with Gasteiger partial charge in [-0.1, -0.05) is 0 Å². The summed E-state index contributed by atoms with van der Waals surface area (Å²) in [6, 6.07) is 0.470. The van der Waals surface area contributed by atoms with Crippen LogP contribution in [0.1, 0.15) is 0 Å². The molecular formula is C12H21N5O2. The molecule has 106 valence electrons. The van der Waals surface area contributed by atoms with Gasteiger partial charge in [-0.2, -0.15) is 0 Å². The molecule has 3 amide bonds. The first kappa shape index (κ1) is 12.8. The molecule has 7 nitrogen and oxygen atoms in total. The second kappa shape index (κ2) is 5.44. The van der Waals surface area contributed by atoms with E-state index in [-0.39, 0.29) is 18.5 Å². The highest BCUT2D eigenvalue weighted by molar-refractivity contribution is 6.01. The highest BCUT2D eigenvalue weighted by Gasteiger charge is 2.30. The molecular weight excluding hydrogens is 246 g/mol. The number of imide groups is 1. The molecule has 3 heterocycles. The fourth-order valence-corrected chi connectivity index (χ4v) is 2.81. The second-order valence-corrected chi connectivity index (χ2v) is 5.39. The van der Waals surface area contributed by atoms with Gasteiger partial charge in [0, 0.05) is 58.4 Å². The van der Waals surface area contributed by atoms with Crippen molar-refractivity contribution in [3.63, 3.8) is 0 Å². The lowest BCUT2D eigenvalue weighted by Crippen LogP contribution is -2.61. The predicted molar refractivity (Wildman–Crippen MR) is 69.8 cm³/mol. The van der Waals surface area contributed by atoms with E-state index < -0.39 is 0 Å². The largest absolute Gasteiger partial charge is 0.329 e. The molecule has 0 aromatic carbocycles. The quantitative estimate of drug-likeness (QED) is 0.584. The lowest BCUT2D eigenvalue weighted by atomic mass is 10.1. The molecule has 2 N–H and O–H groups in total. The number of piperazine rings is 1. The number of rotatable bonds is 4. The van der Waals surface area contributed by atoms with Crippen LogP contribution in [0.3, 0.4) is 0 Å². The van der Waals surface area contributed by atoms with Gasteiger partial charge in [0.15, 0.2) is 0 Å². The van der Waals surface area contributed by atoms with Gasteiger partial charge >= 0.3 is 6.03 Å². The Labute approximate surface area is 112 Å². The van der Waals surface area contributed by atoms with Crippen LogP contribution in [-0.4, -0.2) is 91.6 Å². The Morgan fingerprint density at radius 1 is 1.05 bits per heavy atom. The maximum absolute atomic E-state index is 11.5. The lowest BCUT2D eigenvalue weighted by Gasteiger charge is -2.43. The molecule has 3 aliphatic heterocycles. The van der Waals surface area contributed by atoms with Gasteiger partial charge in [0.1, 0.15) is 0 Å². The number of carbonyl (C=O) groups excluding carboxylic acids is 2. The van der Waals surface area contributed by atoms with E-state index in [0.717, 1.165) is 45.8 Å². The minimum Gasteiger partial charge on any atom is -0.329 e. The Balaban J connectivity index is 1.40. The number of urea groups is 1. The maximum atomic E-state index is 11.5. The molecule has 0 atom stereocenters. The minimum atomic E-state index is -0.246. The van der Waals surface area contributed by atoms with Gasteiger partial charge in [-0.3, -0.25) is 19.5 Å². The van der Waals surface area contributed by atoms with Crippen LogP contribution in [0.4, 0.5) is 4.79 Å². The average Bonchev–Trinajstić information content (AvgIpc) is 2.66. The van der Waals surface area contributed by atoms with E-state index in [1.807, 2.05) is 0 Å². The molecule has 0 aromatic rings. The average molecular weight is 267 g/mol. The first-order valence-electron chi connectivity index (χ1n) is 6.99. The zero-order valence-electron chi connectivity index (χ0n) is 11.1. The van der Waals surface area contributed by atoms with Crippen molar-refractivity contribution in [1.29, 1.82) is 0 Å². The molecule has 7 heteroatoms. The molecule has 3 saturated heterocycles. The Hall–Kier alpha value is -1.18. The van der Waals surface area contributed by atoms with Gasteiger partial charge in [0.2, 0.25) is 5.91 Å². The molecule has 0 unspecified atom stereocenters. The molecule has 0 aromatic heterocycles. The smallest absolute Gasteiger partial charge is 0.324 e. The number of carbonyl (C=O) groups is 2. The van der Waals surface area contributed by atoms with E-state index in [4.69, 9.17) is 0 Å². The Morgan fingerprint density at radius 3 is 2.32 bits per heavy atom. The first-order chi connectivity index (χ1) is 9.24. The van der Waals surface area contributed by atoms with E-state index in [0.29, 0.717) is 12.6 Å². The van der Waals surface area contributed by atoms with Gasteiger partial charge in [0.05, 0.1) is 6.54 Å². The fraction of sp³-hybridized carbons (Fsp3) is 0.833. The van der Waals surface area contributed by atoms with E-state index in [9.17, 15) is 9.59 Å². The fourth-order valence-electron chi connectivity index (χ4n) is 2.81. The third-order valence-electron chi connectivity index (χ3n) is 4.26. The third kappa shape index (κ3) is 2.72. The number of hydrogen-bond donors (Lipinski definition) is 2. The summed E-state index contributed by atoms with van der Waals surface area (Å²) in [7, 11) is 0. The standard InChI is InChI=1S/C12H21N5O2/c18-11-9-14-12(19)17(11)6-3-15-1-4-16(5-2-15)10-7-13-8-10/h10,13H,1-9H2,(H,14,19). The van der Waals surface area contributed by atoms with Crippen molar-refractivity contribution in [3.05, 3.63) is 0 Å². The predicted octanol–water partition coefficient (Wildman–Crippen LogP) is -1.87. The lowest BCUT2D eigenvalue weighted by molar-refractivity contribution is -0.125. The van der Waals surface area contributed by atoms with Crippen molar-refractivity contribution in [1.82, 2.24) is 25.3 Å². The monoisotopic (exact) mass is 267 g/mol. The van der Waals surface area contributed by atoms with Crippen LogP contribution < -0.4 is 10.6 Å². The van der Waals surface area contributed by atoms with Crippen LogP contribution in [0.5, 0.6) is 0 Å². The zero-order chi connectivity index (χ0) is 13.2. The maximum Gasteiger partial charge on any atom is 0.324 e. The van der Waals surface area contributed by atoms with Gasteiger partial charge in [-0.05, 0) is 0 Å². The van der Waals surface area contributed by atoms with Crippen LogP contribution in [0.25, 0.3) is 0 Å². The molecule has 0 radical (unpaired) electrons. The van der Waals surface area contributed by atoms with Crippen molar-refractivity contribution in [3.8, 4) is 0 Å². The molecule has 0 bridgehead atoms. The molecule has 0 spiro atoms. The molecule has 3 aliphatic rings. The molecule has 0 aliphatic carbocycles. The van der Waals surface area contributed by atoms with Crippen molar-refractivity contribution in [2.45, 2.75) is 6.04 Å². The summed E-state index contributed by atoms with van der Waals surface area (Å²) < 4.78 is 0. The van der Waals surface area contributed by atoms with E-state index in [1.165, 1.54) is 4.90 Å². The molecule has 3 rings (SSSR count). The number of nitrogens with one attached hydrogen (secondary N) is 2. The van der Waals surface area contributed by atoms with Gasteiger partial charge in [-0.25, -0.2) is 4.79 Å². The SMILES string of the molecule is O=C1CNC(=O)N1CCN1CCN(C2CNC2)CC1. The van der Waals surface area contributed by atoms with Crippen LogP contribution in [0.2, 0.25) is 0 Å². The molecule has 0 saturated carbocycles. The summed E-state index contributed by atoms with van der Waals surface area (Å²) in [5.74, 6) is -0.107. The topological polar surface area (TPSA) is 67.9 Å². The van der Waals surface area contributed by atoms with E-state index >= 15 is 0 Å². The van der Waals surface area contributed by atoms with Crippen LogP contribution in [0.15, 0.2) is 0 Å². The normalized spacial score (nSPS) is 26.6. The van der Waals surface area contributed by atoms with Crippen molar-refractivity contribution in [2.24, 2.45) is 0 Å².